The number of ether oxygens (including phenoxy) is 1. The van der Waals surface area contributed by atoms with Crippen LogP contribution in [0.25, 0.3) is 0 Å². The minimum absolute atomic E-state index is 0.0328. The molecular weight excluding hydrogens is 292 g/mol. The number of benzene rings is 1. The Kier molecular flexibility index (Phi) is 4.29. The van der Waals surface area contributed by atoms with E-state index in [9.17, 15) is 8.42 Å². The van der Waals surface area contributed by atoms with Gasteiger partial charge in [0.05, 0.1) is 7.11 Å². The molecule has 0 saturated carbocycles. The first-order valence-electron chi connectivity index (χ1n) is 6.05. The van der Waals surface area contributed by atoms with Crippen molar-refractivity contribution in [3.63, 3.8) is 0 Å². The normalized spacial score (nSPS) is 11.1. The molecule has 0 amide bonds. The predicted molar refractivity (Wildman–Crippen MR) is 80.3 cm³/mol. The number of hydrogen-bond donors (Lipinski definition) is 3. The molecule has 112 valence electrons. The van der Waals surface area contributed by atoms with Gasteiger partial charge in [-0.05, 0) is 30.3 Å². The molecular formula is C13H16N4O3S. The van der Waals surface area contributed by atoms with Gasteiger partial charge in [0.25, 0.3) is 0 Å². The van der Waals surface area contributed by atoms with Gasteiger partial charge in [-0.15, -0.1) is 0 Å². The van der Waals surface area contributed by atoms with Gasteiger partial charge in [-0.2, -0.15) is 0 Å². The summed E-state index contributed by atoms with van der Waals surface area (Å²) in [6.07, 6.45) is 1.20. The zero-order chi connectivity index (χ0) is 15.5. The lowest BCUT2D eigenvalue weighted by Gasteiger charge is -2.11. The number of aromatic nitrogens is 1. The third kappa shape index (κ3) is 3.83. The van der Waals surface area contributed by atoms with Crippen molar-refractivity contribution in [2.45, 2.75) is 11.4 Å². The molecule has 1 aromatic heterocycles. The molecule has 0 atom stereocenters. The lowest BCUT2D eigenvalue weighted by molar-refractivity contribution is 0.410. The fourth-order valence-corrected chi connectivity index (χ4v) is 2.23. The average Bonchev–Trinajstić information content (AvgIpc) is 2.45. The van der Waals surface area contributed by atoms with E-state index in [4.69, 9.17) is 15.6 Å². The second kappa shape index (κ2) is 5.98. The van der Waals surface area contributed by atoms with Crippen molar-refractivity contribution >= 4 is 21.5 Å². The highest BCUT2D eigenvalue weighted by Gasteiger charge is 2.08. The second-order valence-electron chi connectivity index (χ2n) is 4.35. The molecule has 5 N–H and O–H groups in total. The van der Waals surface area contributed by atoms with Crippen molar-refractivity contribution in [1.82, 2.24) is 4.98 Å². The predicted octanol–water partition coefficient (Wildman–Crippen LogP) is 0.932. The molecule has 7 nitrogen and oxygen atoms in total. The van der Waals surface area contributed by atoms with Crippen LogP contribution < -0.4 is 20.9 Å². The minimum Gasteiger partial charge on any atom is -0.496 e. The summed E-state index contributed by atoms with van der Waals surface area (Å²) in [5.41, 5.74) is 7.24. The molecule has 8 heteroatoms. The number of nitrogens with two attached hydrogens (primary N) is 2. The fraction of sp³-hybridized carbons (Fsp3) is 0.154. The summed E-state index contributed by atoms with van der Waals surface area (Å²) in [6.45, 7) is 0.440. The highest BCUT2D eigenvalue weighted by atomic mass is 32.2. The molecule has 0 aliphatic rings. The largest absolute Gasteiger partial charge is 0.496 e. The van der Waals surface area contributed by atoms with Gasteiger partial charge >= 0.3 is 0 Å². The van der Waals surface area contributed by atoms with Crippen LogP contribution in [0.2, 0.25) is 0 Å². The molecule has 0 radical (unpaired) electrons. The van der Waals surface area contributed by atoms with Gasteiger partial charge in [0, 0.05) is 24.0 Å². The van der Waals surface area contributed by atoms with Crippen molar-refractivity contribution in [3.8, 4) is 5.75 Å². The summed E-state index contributed by atoms with van der Waals surface area (Å²) in [5, 5.41) is 8.07. The molecule has 0 aliphatic heterocycles. The van der Waals surface area contributed by atoms with E-state index in [2.05, 4.69) is 10.3 Å². The monoisotopic (exact) mass is 308 g/mol. The number of nitrogen functional groups attached to an aromatic ring is 1. The first-order chi connectivity index (χ1) is 9.90. The molecule has 2 aromatic rings. The van der Waals surface area contributed by atoms with Crippen molar-refractivity contribution in [3.05, 3.63) is 42.1 Å². The zero-order valence-electron chi connectivity index (χ0n) is 11.4. The van der Waals surface area contributed by atoms with Crippen LogP contribution in [0, 0.1) is 0 Å². The van der Waals surface area contributed by atoms with E-state index in [1.807, 2.05) is 0 Å². The fourth-order valence-electron chi connectivity index (χ4n) is 1.78. The van der Waals surface area contributed by atoms with E-state index in [0.29, 0.717) is 23.8 Å². The lowest BCUT2D eigenvalue weighted by Crippen LogP contribution is -2.12. The Morgan fingerprint density at radius 1 is 1.29 bits per heavy atom. The summed E-state index contributed by atoms with van der Waals surface area (Å²) >= 11 is 0. The Bertz CT molecular complexity index is 730. The summed E-state index contributed by atoms with van der Waals surface area (Å²) in [5.74, 6) is 1.23. The van der Waals surface area contributed by atoms with Gasteiger partial charge in [-0.1, -0.05) is 0 Å². The van der Waals surface area contributed by atoms with Crippen LogP contribution in [-0.2, 0) is 16.6 Å². The van der Waals surface area contributed by atoms with Crippen molar-refractivity contribution in [2.75, 3.05) is 18.2 Å². The summed E-state index contributed by atoms with van der Waals surface area (Å²) in [4.78, 5) is 3.96. The Labute approximate surface area is 123 Å². The Balaban J connectivity index is 2.12. The minimum atomic E-state index is -3.73. The van der Waals surface area contributed by atoms with Crippen LogP contribution in [-0.4, -0.2) is 20.5 Å². The molecule has 0 aliphatic carbocycles. The molecule has 0 saturated heterocycles. The van der Waals surface area contributed by atoms with E-state index in [1.54, 1.807) is 31.4 Å². The first kappa shape index (κ1) is 15.1. The van der Waals surface area contributed by atoms with E-state index in [0.717, 1.165) is 5.56 Å². The van der Waals surface area contributed by atoms with Gasteiger partial charge in [0.15, 0.2) is 0 Å². The Morgan fingerprint density at radius 2 is 2.05 bits per heavy atom. The average molecular weight is 308 g/mol. The maximum Gasteiger partial charge on any atom is 0.239 e. The number of pyridine rings is 1. The number of nitrogens with one attached hydrogen (secondary N) is 1. The van der Waals surface area contributed by atoms with Gasteiger partial charge in [0.2, 0.25) is 10.0 Å². The molecule has 2 rings (SSSR count). The van der Waals surface area contributed by atoms with Gasteiger partial charge in [0.1, 0.15) is 16.5 Å². The van der Waals surface area contributed by atoms with Crippen LogP contribution in [0.5, 0.6) is 5.75 Å². The van der Waals surface area contributed by atoms with Crippen LogP contribution >= 0.6 is 0 Å². The Morgan fingerprint density at radius 3 is 2.62 bits per heavy atom. The van der Waals surface area contributed by atoms with Gasteiger partial charge in [-0.25, -0.2) is 18.5 Å². The van der Waals surface area contributed by atoms with Crippen LogP contribution in [0.15, 0.2) is 41.4 Å². The highest BCUT2D eigenvalue weighted by Crippen LogP contribution is 2.22. The topological polar surface area (TPSA) is 120 Å². The van der Waals surface area contributed by atoms with Crippen LogP contribution in [0.1, 0.15) is 5.56 Å². The van der Waals surface area contributed by atoms with E-state index < -0.39 is 10.0 Å². The zero-order valence-corrected chi connectivity index (χ0v) is 12.2. The standard InChI is InChI=1S/C13H16N4O3S/c1-20-12-4-2-10(14)6-9(12)7-16-13-5-3-11(8-17-13)21(15,18)19/h2-6,8H,7,14H2,1H3,(H,16,17)(H2,15,18,19). The quantitative estimate of drug-likeness (QED) is 0.707. The molecule has 21 heavy (non-hydrogen) atoms. The number of rotatable bonds is 5. The highest BCUT2D eigenvalue weighted by molar-refractivity contribution is 7.89. The SMILES string of the molecule is COc1ccc(N)cc1CNc1ccc(S(N)(=O)=O)cn1. The number of methoxy groups -OCH3 is 1. The number of primary sulfonamides is 1. The summed E-state index contributed by atoms with van der Waals surface area (Å²) in [6, 6.07) is 8.26. The summed E-state index contributed by atoms with van der Waals surface area (Å²) < 4.78 is 27.5. The lowest BCUT2D eigenvalue weighted by atomic mass is 10.2. The molecule has 0 fully saturated rings. The Hall–Kier alpha value is -2.32. The molecule has 0 bridgehead atoms. The van der Waals surface area contributed by atoms with Crippen molar-refractivity contribution in [2.24, 2.45) is 5.14 Å². The maximum atomic E-state index is 11.1. The maximum absolute atomic E-state index is 11.1. The van der Waals surface area contributed by atoms with Crippen molar-refractivity contribution in [1.29, 1.82) is 0 Å². The molecule has 0 unspecified atom stereocenters. The second-order valence-corrected chi connectivity index (χ2v) is 5.91. The van der Waals surface area contributed by atoms with Crippen LogP contribution in [0.4, 0.5) is 11.5 Å². The number of hydrogen-bond acceptors (Lipinski definition) is 6. The van der Waals surface area contributed by atoms with Crippen molar-refractivity contribution < 1.29 is 13.2 Å². The van der Waals surface area contributed by atoms with Gasteiger partial charge < -0.3 is 15.8 Å². The molecule has 1 aromatic carbocycles. The van der Waals surface area contributed by atoms with Crippen LogP contribution in [0.3, 0.4) is 0 Å². The number of sulfonamides is 1. The third-order valence-electron chi connectivity index (χ3n) is 2.83. The number of nitrogens with zero attached hydrogens (tertiary/aromatic N) is 1. The summed E-state index contributed by atoms with van der Waals surface area (Å²) in [7, 11) is -2.15. The van der Waals surface area contributed by atoms with E-state index >= 15 is 0 Å². The molecule has 0 spiro atoms. The van der Waals surface area contributed by atoms with E-state index in [1.165, 1.54) is 12.3 Å². The smallest absolute Gasteiger partial charge is 0.239 e. The molecule has 1 heterocycles. The first-order valence-corrected chi connectivity index (χ1v) is 7.60. The third-order valence-corrected chi connectivity index (χ3v) is 3.73. The van der Waals surface area contributed by atoms with Gasteiger partial charge in [-0.3, -0.25) is 0 Å². The van der Waals surface area contributed by atoms with E-state index in [-0.39, 0.29) is 4.90 Å². The number of anilines is 2.